The second-order valence-corrected chi connectivity index (χ2v) is 7.02. The Hall–Kier alpha value is -2.29. The molecule has 6 atom stereocenters. The monoisotopic (exact) mass is 399 g/mol. The van der Waals surface area contributed by atoms with Crippen LogP contribution in [0.4, 0.5) is 0 Å². The van der Waals surface area contributed by atoms with E-state index in [4.69, 9.17) is 23.7 Å². The van der Waals surface area contributed by atoms with Gasteiger partial charge in [0.2, 0.25) is 0 Å². The van der Waals surface area contributed by atoms with Crippen LogP contribution in [0, 0.1) is 0 Å². The number of hydrogen-bond donors (Lipinski definition) is 1. The third-order valence-electron chi connectivity index (χ3n) is 5.25. The first-order valence-corrected chi connectivity index (χ1v) is 9.60. The average molecular weight is 399 g/mol. The first-order valence-electron chi connectivity index (χ1n) is 9.60. The lowest BCUT2D eigenvalue weighted by atomic mass is 9.95. The van der Waals surface area contributed by atoms with Crippen molar-refractivity contribution in [3.05, 3.63) is 71.8 Å². The highest BCUT2D eigenvalue weighted by molar-refractivity contribution is 5.94. The number of nitrogens with one attached hydrogen (secondary N) is 1. The fourth-order valence-corrected chi connectivity index (χ4v) is 3.81. The normalized spacial score (nSPS) is 31.7. The van der Waals surface area contributed by atoms with Crippen LogP contribution >= 0.6 is 0 Å². The zero-order valence-electron chi connectivity index (χ0n) is 16.4. The maximum atomic E-state index is 12.7. The van der Waals surface area contributed by atoms with Gasteiger partial charge in [-0.2, -0.15) is 0 Å². The third-order valence-corrected chi connectivity index (χ3v) is 5.25. The summed E-state index contributed by atoms with van der Waals surface area (Å²) in [6, 6.07) is 18.2. The van der Waals surface area contributed by atoms with Crippen LogP contribution in [-0.2, 0) is 23.7 Å². The summed E-state index contributed by atoms with van der Waals surface area (Å²) in [5.74, 6) is -0.228. The van der Waals surface area contributed by atoms with Crippen LogP contribution in [0.5, 0.6) is 0 Å². The van der Waals surface area contributed by atoms with Crippen molar-refractivity contribution in [1.29, 1.82) is 0 Å². The number of hydrogen-bond acceptors (Lipinski definition) is 6. The lowest BCUT2D eigenvalue weighted by Crippen LogP contribution is -2.67. The zero-order chi connectivity index (χ0) is 20.2. The minimum absolute atomic E-state index is 0.228. The number of amides is 1. The van der Waals surface area contributed by atoms with Gasteiger partial charge in [-0.3, -0.25) is 4.79 Å². The Bertz CT molecular complexity index is 801. The molecule has 0 spiro atoms. The number of fused-ring (bicyclic) bond motifs is 1. The molecule has 4 rings (SSSR count). The van der Waals surface area contributed by atoms with Crippen molar-refractivity contribution in [2.45, 2.75) is 36.9 Å². The molecule has 0 aromatic heterocycles. The van der Waals surface area contributed by atoms with Gasteiger partial charge in [-0.25, -0.2) is 0 Å². The predicted octanol–water partition coefficient (Wildman–Crippen LogP) is 2.29. The highest BCUT2D eigenvalue weighted by atomic mass is 16.7. The van der Waals surface area contributed by atoms with E-state index in [2.05, 4.69) is 5.32 Å². The maximum absolute atomic E-state index is 12.7. The summed E-state index contributed by atoms with van der Waals surface area (Å²) in [4.78, 5) is 12.7. The van der Waals surface area contributed by atoms with Gasteiger partial charge in [0.15, 0.2) is 12.6 Å². The van der Waals surface area contributed by atoms with Crippen LogP contribution in [0.25, 0.3) is 0 Å². The highest BCUT2D eigenvalue weighted by Gasteiger charge is 2.51. The molecule has 2 aromatic rings. The third kappa shape index (κ3) is 4.19. The van der Waals surface area contributed by atoms with Crippen LogP contribution in [0.3, 0.4) is 0 Å². The molecule has 0 aliphatic carbocycles. The van der Waals surface area contributed by atoms with E-state index in [0.717, 1.165) is 5.56 Å². The van der Waals surface area contributed by atoms with Gasteiger partial charge in [-0.15, -0.1) is 0 Å². The van der Waals surface area contributed by atoms with E-state index < -0.39 is 30.8 Å². The van der Waals surface area contributed by atoms with Crippen molar-refractivity contribution >= 4 is 5.91 Å². The van der Waals surface area contributed by atoms with Crippen LogP contribution in [0.2, 0.25) is 0 Å². The van der Waals surface area contributed by atoms with E-state index in [-0.39, 0.29) is 12.0 Å². The molecule has 0 bridgehead atoms. The van der Waals surface area contributed by atoms with Gasteiger partial charge in [-0.1, -0.05) is 48.5 Å². The maximum Gasteiger partial charge on any atom is 0.251 e. The van der Waals surface area contributed by atoms with Gasteiger partial charge in [0.1, 0.15) is 24.4 Å². The van der Waals surface area contributed by atoms with Crippen LogP contribution < -0.4 is 5.32 Å². The van der Waals surface area contributed by atoms with E-state index >= 15 is 0 Å². The first-order chi connectivity index (χ1) is 14.2. The molecule has 1 N–H and O–H groups in total. The van der Waals surface area contributed by atoms with Gasteiger partial charge >= 0.3 is 0 Å². The molecule has 0 saturated carbocycles. The van der Waals surface area contributed by atoms with Gasteiger partial charge < -0.3 is 29.0 Å². The van der Waals surface area contributed by atoms with E-state index in [1.165, 1.54) is 7.11 Å². The average Bonchev–Trinajstić information content (AvgIpc) is 2.79. The van der Waals surface area contributed by atoms with Crippen molar-refractivity contribution in [3.63, 3.8) is 0 Å². The first kappa shape index (κ1) is 20.0. The Balaban J connectivity index is 1.54. The van der Waals surface area contributed by atoms with Crippen molar-refractivity contribution < 1.29 is 28.5 Å². The lowest BCUT2D eigenvalue weighted by Gasteiger charge is -2.48. The molecule has 2 aliphatic heterocycles. The predicted molar refractivity (Wildman–Crippen MR) is 104 cm³/mol. The van der Waals surface area contributed by atoms with Gasteiger partial charge in [0, 0.05) is 25.3 Å². The zero-order valence-corrected chi connectivity index (χ0v) is 16.4. The molecule has 154 valence electrons. The van der Waals surface area contributed by atoms with Crippen molar-refractivity contribution in [2.24, 2.45) is 0 Å². The van der Waals surface area contributed by atoms with Crippen molar-refractivity contribution in [3.8, 4) is 0 Å². The Labute approximate surface area is 169 Å². The molecule has 29 heavy (non-hydrogen) atoms. The summed E-state index contributed by atoms with van der Waals surface area (Å²) in [7, 11) is 3.13. The van der Waals surface area contributed by atoms with Gasteiger partial charge in [-0.05, 0) is 12.1 Å². The Morgan fingerprint density at radius 2 is 1.66 bits per heavy atom. The quantitative estimate of drug-likeness (QED) is 0.832. The smallest absolute Gasteiger partial charge is 0.251 e. The second-order valence-electron chi connectivity index (χ2n) is 7.02. The minimum Gasteiger partial charge on any atom is -0.376 e. The Kier molecular flexibility index (Phi) is 6.22. The molecule has 7 nitrogen and oxygen atoms in total. The fraction of sp³-hybridized carbons (Fsp3) is 0.409. The Morgan fingerprint density at radius 3 is 2.31 bits per heavy atom. The molecular weight excluding hydrogens is 374 g/mol. The number of rotatable bonds is 5. The summed E-state index contributed by atoms with van der Waals surface area (Å²) in [5, 5.41) is 2.99. The number of methoxy groups -OCH3 is 2. The molecule has 1 amide bonds. The lowest BCUT2D eigenvalue weighted by molar-refractivity contribution is -0.343. The number of ether oxygens (including phenoxy) is 5. The molecule has 2 aliphatic rings. The molecule has 0 radical (unpaired) electrons. The summed E-state index contributed by atoms with van der Waals surface area (Å²) >= 11 is 0. The molecule has 2 saturated heterocycles. The molecular formula is C22H25NO6. The number of carbonyl (C=O) groups is 1. The standard InChI is InChI=1S/C22H25NO6/c1-25-19-17(23-20(24)14-9-5-3-6-10-14)22(26-2)28-16-13-27-21(29-18(16)19)15-11-7-4-8-12-15/h3-12,16-19,21-22H,13H2,1-2H3,(H,23,24)/t16-,17+,18-,19-,21+,22+/m0/s1. The molecule has 2 heterocycles. The van der Waals surface area contributed by atoms with Crippen LogP contribution in [-0.4, -0.2) is 57.4 Å². The topological polar surface area (TPSA) is 75.2 Å². The van der Waals surface area contributed by atoms with Crippen molar-refractivity contribution in [1.82, 2.24) is 5.32 Å². The van der Waals surface area contributed by atoms with Gasteiger partial charge in [0.25, 0.3) is 5.91 Å². The number of carbonyl (C=O) groups excluding carboxylic acids is 1. The molecule has 2 aromatic carbocycles. The van der Waals surface area contributed by atoms with E-state index in [1.807, 2.05) is 48.5 Å². The largest absolute Gasteiger partial charge is 0.376 e. The van der Waals surface area contributed by atoms with E-state index in [0.29, 0.717) is 12.2 Å². The van der Waals surface area contributed by atoms with Crippen molar-refractivity contribution in [2.75, 3.05) is 20.8 Å². The molecule has 7 heteroatoms. The molecule has 0 unspecified atom stereocenters. The molecule has 2 fully saturated rings. The summed E-state index contributed by atoms with van der Waals surface area (Å²) in [5.41, 5.74) is 1.47. The summed E-state index contributed by atoms with van der Waals surface area (Å²) in [6.07, 6.45) is -2.47. The minimum atomic E-state index is -0.686. The fourth-order valence-electron chi connectivity index (χ4n) is 3.81. The number of benzene rings is 2. The summed E-state index contributed by atoms with van der Waals surface area (Å²) in [6.45, 7) is 0.337. The highest BCUT2D eigenvalue weighted by Crippen LogP contribution is 2.35. The van der Waals surface area contributed by atoms with E-state index in [9.17, 15) is 4.79 Å². The van der Waals surface area contributed by atoms with Crippen LogP contribution in [0.15, 0.2) is 60.7 Å². The van der Waals surface area contributed by atoms with Gasteiger partial charge in [0.05, 0.1) is 6.61 Å². The van der Waals surface area contributed by atoms with E-state index in [1.54, 1.807) is 19.2 Å². The second kappa shape index (κ2) is 9.02. The Morgan fingerprint density at radius 1 is 0.966 bits per heavy atom. The summed E-state index contributed by atoms with van der Waals surface area (Å²) < 4.78 is 29.4. The van der Waals surface area contributed by atoms with Crippen LogP contribution in [0.1, 0.15) is 22.2 Å². The SMILES string of the molecule is CO[C@@H]1O[C@H]2CO[C@@H](c3ccccc3)O[C@@H]2[C@@H](OC)[C@H]1NC(=O)c1ccccc1.